The summed E-state index contributed by atoms with van der Waals surface area (Å²) in [5, 5.41) is 9.68. The number of ketones is 1. The molecule has 1 N–H and O–H groups in total. The summed E-state index contributed by atoms with van der Waals surface area (Å²) >= 11 is 0. The third-order valence-corrected chi connectivity index (χ3v) is 4.17. The van der Waals surface area contributed by atoms with Gasteiger partial charge < -0.3 is 9.84 Å². The van der Waals surface area contributed by atoms with Gasteiger partial charge >= 0.3 is 0 Å². The summed E-state index contributed by atoms with van der Waals surface area (Å²) in [5.74, 6) is 0.970. The molecule has 0 spiro atoms. The van der Waals surface area contributed by atoms with Crippen LogP contribution in [0.5, 0.6) is 5.75 Å². The number of rotatable bonds is 2. The van der Waals surface area contributed by atoms with Crippen LogP contribution in [0.2, 0.25) is 0 Å². The van der Waals surface area contributed by atoms with Crippen molar-refractivity contribution in [1.29, 1.82) is 0 Å². The van der Waals surface area contributed by atoms with Crippen LogP contribution in [0, 0.1) is 5.41 Å². The van der Waals surface area contributed by atoms with Crippen LogP contribution in [0.4, 0.5) is 0 Å². The lowest BCUT2D eigenvalue weighted by molar-refractivity contribution is -0.115. The highest BCUT2D eigenvalue weighted by Crippen LogP contribution is 2.51. The Morgan fingerprint density at radius 2 is 2.28 bits per heavy atom. The van der Waals surface area contributed by atoms with Gasteiger partial charge in [0.05, 0.1) is 13.7 Å². The number of ether oxygens (including phenoxy) is 1. The zero-order valence-corrected chi connectivity index (χ0v) is 10.4. The van der Waals surface area contributed by atoms with Crippen molar-refractivity contribution in [1.82, 2.24) is 0 Å². The quantitative estimate of drug-likeness (QED) is 0.865. The fourth-order valence-corrected chi connectivity index (χ4v) is 3.14. The fourth-order valence-electron chi connectivity index (χ4n) is 3.14. The Labute approximate surface area is 106 Å². The van der Waals surface area contributed by atoms with Gasteiger partial charge in [-0.15, -0.1) is 0 Å². The minimum absolute atomic E-state index is 0.0516. The molecule has 0 bridgehead atoms. The summed E-state index contributed by atoms with van der Waals surface area (Å²) in [5.41, 5.74) is 2.99. The Morgan fingerprint density at radius 3 is 3.00 bits per heavy atom. The number of aliphatic hydroxyl groups excluding tert-OH is 1. The van der Waals surface area contributed by atoms with E-state index in [1.54, 1.807) is 13.2 Å². The second kappa shape index (κ2) is 3.95. The Bertz CT molecular complexity index is 545. The Balaban J connectivity index is 2.13. The topological polar surface area (TPSA) is 46.5 Å². The summed E-state index contributed by atoms with van der Waals surface area (Å²) in [4.78, 5) is 11.7. The first kappa shape index (κ1) is 11.5. The van der Waals surface area contributed by atoms with E-state index in [-0.39, 0.29) is 17.8 Å². The van der Waals surface area contributed by atoms with Crippen LogP contribution in [-0.2, 0) is 11.2 Å². The van der Waals surface area contributed by atoms with Gasteiger partial charge in [0.2, 0.25) is 0 Å². The van der Waals surface area contributed by atoms with Crippen molar-refractivity contribution in [2.75, 3.05) is 13.7 Å². The molecule has 0 aromatic heterocycles. The van der Waals surface area contributed by atoms with Crippen LogP contribution in [0.1, 0.15) is 24.0 Å². The Hall–Kier alpha value is -1.61. The van der Waals surface area contributed by atoms with Gasteiger partial charge in [0, 0.05) is 11.8 Å². The van der Waals surface area contributed by atoms with Crippen LogP contribution in [-0.4, -0.2) is 24.6 Å². The van der Waals surface area contributed by atoms with Gasteiger partial charge in [-0.25, -0.2) is 0 Å². The second-order valence-electron chi connectivity index (χ2n) is 5.16. The summed E-state index contributed by atoms with van der Waals surface area (Å²) in [6.07, 6.45) is 3.88. The van der Waals surface area contributed by atoms with Crippen molar-refractivity contribution in [3.05, 3.63) is 35.4 Å². The van der Waals surface area contributed by atoms with Gasteiger partial charge in [0.15, 0.2) is 5.78 Å². The van der Waals surface area contributed by atoms with Gasteiger partial charge in [-0.05, 0) is 47.8 Å². The highest BCUT2D eigenvalue weighted by molar-refractivity contribution is 6.04. The third-order valence-electron chi connectivity index (χ3n) is 4.17. The average molecular weight is 244 g/mol. The fraction of sp³-hybridized carbons (Fsp3) is 0.400. The molecule has 0 radical (unpaired) electrons. The van der Waals surface area contributed by atoms with E-state index in [9.17, 15) is 9.90 Å². The lowest BCUT2D eigenvalue weighted by Gasteiger charge is -2.35. The summed E-state index contributed by atoms with van der Waals surface area (Å²) in [6.45, 7) is 0.0516. The molecule has 0 saturated heterocycles. The maximum absolute atomic E-state index is 11.7. The first-order valence-electron chi connectivity index (χ1n) is 6.22. The van der Waals surface area contributed by atoms with Crippen molar-refractivity contribution in [2.24, 2.45) is 5.41 Å². The number of fused-ring (bicyclic) bond motifs is 3. The number of benzene rings is 1. The molecule has 1 aromatic carbocycles. The summed E-state index contributed by atoms with van der Waals surface area (Å²) in [7, 11) is 1.65. The molecule has 3 rings (SSSR count). The molecule has 18 heavy (non-hydrogen) atoms. The number of carbonyl (C=O) groups excluding carboxylic acids is 1. The average Bonchev–Trinajstić information content (AvgIpc) is 2.75. The first-order chi connectivity index (χ1) is 8.68. The second-order valence-corrected chi connectivity index (χ2v) is 5.16. The minimum Gasteiger partial charge on any atom is -0.497 e. The third kappa shape index (κ3) is 1.51. The summed E-state index contributed by atoms with van der Waals surface area (Å²) in [6, 6.07) is 5.94. The summed E-state index contributed by atoms with van der Waals surface area (Å²) < 4.78 is 5.23. The van der Waals surface area contributed by atoms with Crippen LogP contribution in [0.25, 0.3) is 5.57 Å². The van der Waals surface area contributed by atoms with E-state index >= 15 is 0 Å². The van der Waals surface area contributed by atoms with Crippen molar-refractivity contribution >= 4 is 11.4 Å². The number of hydrogen-bond donors (Lipinski definition) is 1. The van der Waals surface area contributed by atoms with E-state index in [4.69, 9.17) is 4.74 Å². The van der Waals surface area contributed by atoms with E-state index in [1.165, 1.54) is 5.56 Å². The highest BCUT2D eigenvalue weighted by Gasteiger charge is 2.43. The molecule has 2 aliphatic carbocycles. The Kier molecular flexibility index (Phi) is 2.52. The molecular weight excluding hydrogens is 228 g/mol. The van der Waals surface area contributed by atoms with Crippen LogP contribution < -0.4 is 4.74 Å². The molecule has 0 heterocycles. The predicted octanol–water partition coefficient (Wildman–Crippen LogP) is 1.98. The normalized spacial score (nSPS) is 25.4. The van der Waals surface area contributed by atoms with Gasteiger partial charge in [0.1, 0.15) is 5.75 Å². The lowest BCUT2D eigenvalue weighted by Crippen LogP contribution is -2.29. The largest absolute Gasteiger partial charge is 0.497 e. The standard InChI is InChI=1S/C15H16O3/c1-18-12-2-3-13-10(6-12)4-5-15(9-16)8-11(17)7-14(13)15/h2-3,6-7,16H,4-5,8-9H2,1H3. The molecule has 3 heteroatoms. The molecule has 1 unspecified atom stereocenters. The number of carbonyl (C=O) groups is 1. The number of aryl methyl sites for hydroxylation is 1. The van der Waals surface area contributed by atoms with Crippen molar-refractivity contribution < 1.29 is 14.6 Å². The van der Waals surface area contributed by atoms with E-state index in [0.29, 0.717) is 6.42 Å². The maximum Gasteiger partial charge on any atom is 0.156 e. The van der Waals surface area contributed by atoms with E-state index in [0.717, 1.165) is 29.7 Å². The van der Waals surface area contributed by atoms with Crippen molar-refractivity contribution in [2.45, 2.75) is 19.3 Å². The first-order valence-corrected chi connectivity index (χ1v) is 6.22. The molecule has 94 valence electrons. The smallest absolute Gasteiger partial charge is 0.156 e. The molecule has 1 atom stereocenters. The molecule has 3 nitrogen and oxygen atoms in total. The molecule has 2 aliphatic rings. The zero-order chi connectivity index (χ0) is 12.8. The van der Waals surface area contributed by atoms with E-state index in [2.05, 4.69) is 0 Å². The van der Waals surface area contributed by atoms with Crippen molar-refractivity contribution in [3.63, 3.8) is 0 Å². The number of allylic oxidation sites excluding steroid dienone is 1. The maximum atomic E-state index is 11.7. The molecular formula is C15H16O3. The lowest BCUT2D eigenvalue weighted by atomic mass is 9.69. The van der Waals surface area contributed by atoms with Crippen LogP contribution >= 0.6 is 0 Å². The molecule has 0 amide bonds. The number of methoxy groups -OCH3 is 1. The van der Waals surface area contributed by atoms with Crippen LogP contribution in [0.3, 0.4) is 0 Å². The van der Waals surface area contributed by atoms with Gasteiger partial charge in [-0.1, -0.05) is 6.07 Å². The SMILES string of the molecule is COc1ccc2c(c1)CCC1(CO)CC(=O)C=C21. The number of hydrogen-bond acceptors (Lipinski definition) is 3. The minimum atomic E-state index is -0.335. The van der Waals surface area contributed by atoms with Crippen LogP contribution in [0.15, 0.2) is 24.3 Å². The number of aliphatic hydroxyl groups is 1. The van der Waals surface area contributed by atoms with Gasteiger partial charge in [0.25, 0.3) is 0 Å². The van der Waals surface area contributed by atoms with E-state index in [1.807, 2.05) is 18.2 Å². The van der Waals surface area contributed by atoms with Gasteiger partial charge in [-0.3, -0.25) is 4.79 Å². The predicted molar refractivity (Wildman–Crippen MR) is 68.4 cm³/mol. The molecule has 0 aliphatic heterocycles. The zero-order valence-electron chi connectivity index (χ0n) is 10.4. The van der Waals surface area contributed by atoms with E-state index < -0.39 is 0 Å². The highest BCUT2D eigenvalue weighted by atomic mass is 16.5. The molecule has 0 saturated carbocycles. The molecule has 0 fully saturated rings. The monoisotopic (exact) mass is 244 g/mol. The Morgan fingerprint density at radius 1 is 1.44 bits per heavy atom. The molecule has 1 aromatic rings. The van der Waals surface area contributed by atoms with Gasteiger partial charge in [-0.2, -0.15) is 0 Å². The van der Waals surface area contributed by atoms with Crippen molar-refractivity contribution in [3.8, 4) is 5.75 Å².